The van der Waals surface area contributed by atoms with E-state index >= 15 is 0 Å². The van der Waals surface area contributed by atoms with E-state index in [1.54, 1.807) is 6.92 Å². The number of halogens is 3. The van der Waals surface area contributed by atoms with Crippen LogP contribution < -0.4 is 10.1 Å². The summed E-state index contributed by atoms with van der Waals surface area (Å²) >= 11 is 0. The van der Waals surface area contributed by atoms with Crippen LogP contribution in [0.15, 0.2) is 24.3 Å². The maximum Gasteiger partial charge on any atom is 0.390 e. The van der Waals surface area contributed by atoms with E-state index in [9.17, 15) is 13.2 Å². The minimum Gasteiger partial charge on any atom is -0.494 e. The van der Waals surface area contributed by atoms with Gasteiger partial charge in [0.05, 0.1) is 13.0 Å². The minimum atomic E-state index is -4.12. The fraction of sp³-hybridized carbons (Fsp3) is 0.625. The molecular formula is C16H24F3NO. The molecule has 0 fully saturated rings. The van der Waals surface area contributed by atoms with E-state index < -0.39 is 18.6 Å². The number of hydrogen-bond donors (Lipinski definition) is 1. The van der Waals surface area contributed by atoms with Crippen LogP contribution in [0.1, 0.15) is 45.1 Å². The maximum atomic E-state index is 12.2. The van der Waals surface area contributed by atoms with Crippen LogP contribution >= 0.6 is 0 Å². The molecule has 0 aliphatic rings. The quantitative estimate of drug-likeness (QED) is 0.668. The fourth-order valence-electron chi connectivity index (χ4n) is 1.96. The highest BCUT2D eigenvalue weighted by atomic mass is 19.4. The molecule has 5 heteroatoms. The van der Waals surface area contributed by atoms with Crippen molar-refractivity contribution in [2.24, 2.45) is 0 Å². The van der Waals surface area contributed by atoms with E-state index in [4.69, 9.17) is 4.74 Å². The highest BCUT2D eigenvalue weighted by Crippen LogP contribution is 2.21. The zero-order valence-electron chi connectivity index (χ0n) is 12.7. The largest absolute Gasteiger partial charge is 0.494 e. The van der Waals surface area contributed by atoms with Crippen LogP contribution in [0.2, 0.25) is 0 Å². The lowest BCUT2D eigenvalue weighted by Gasteiger charge is -2.16. The Morgan fingerprint density at radius 3 is 2.38 bits per heavy atom. The molecule has 0 aliphatic carbocycles. The molecule has 1 atom stereocenters. The standard InChI is InChI=1S/C16H24F3NO/c1-3-4-5-10-21-15-8-6-14(7-9-15)12-20-13(2)11-16(17,18)19/h6-9,13,20H,3-5,10-12H2,1-2H3. The van der Waals surface area contributed by atoms with Crippen molar-refractivity contribution < 1.29 is 17.9 Å². The van der Waals surface area contributed by atoms with Gasteiger partial charge in [0.15, 0.2) is 0 Å². The van der Waals surface area contributed by atoms with Gasteiger partial charge < -0.3 is 10.1 Å². The topological polar surface area (TPSA) is 21.3 Å². The van der Waals surface area contributed by atoms with Gasteiger partial charge in [0.2, 0.25) is 0 Å². The average molecular weight is 303 g/mol. The number of alkyl halides is 3. The molecule has 120 valence electrons. The second-order valence-corrected chi connectivity index (χ2v) is 5.30. The fourth-order valence-corrected chi connectivity index (χ4v) is 1.96. The highest BCUT2D eigenvalue weighted by Gasteiger charge is 2.29. The van der Waals surface area contributed by atoms with E-state index in [1.807, 2.05) is 24.3 Å². The Morgan fingerprint density at radius 1 is 1.14 bits per heavy atom. The molecule has 1 aromatic rings. The van der Waals surface area contributed by atoms with Gasteiger partial charge in [0, 0.05) is 12.6 Å². The van der Waals surface area contributed by atoms with Gasteiger partial charge >= 0.3 is 6.18 Å². The van der Waals surface area contributed by atoms with Crippen molar-refractivity contribution in [2.45, 2.75) is 58.3 Å². The predicted molar refractivity (Wildman–Crippen MR) is 78.4 cm³/mol. The molecule has 1 N–H and O–H groups in total. The van der Waals surface area contributed by atoms with Gasteiger partial charge in [-0.2, -0.15) is 13.2 Å². The van der Waals surface area contributed by atoms with Crippen molar-refractivity contribution in [1.29, 1.82) is 0 Å². The van der Waals surface area contributed by atoms with Crippen molar-refractivity contribution in [3.8, 4) is 5.75 Å². The van der Waals surface area contributed by atoms with Gasteiger partial charge in [-0.1, -0.05) is 31.9 Å². The number of benzene rings is 1. The van der Waals surface area contributed by atoms with Crippen LogP contribution in [-0.2, 0) is 6.54 Å². The van der Waals surface area contributed by atoms with E-state index in [0.717, 1.165) is 30.6 Å². The van der Waals surface area contributed by atoms with Gasteiger partial charge in [-0.15, -0.1) is 0 Å². The van der Waals surface area contributed by atoms with E-state index in [0.29, 0.717) is 13.2 Å². The smallest absolute Gasteiger partial charge is 0.390 e. The Kier molecular flexibility index (Phi) is 7.57. The van der Waals surface area contributed by atoms with Crippen molar-refractivity contribution in [2.75, 3.05) is 6.61 Å². The molecule has 0 spiro atoms. The van der Waals surface area contributed by atoms with E-state index in [-0.39, 0.29) is 0 Å². The van der Waals surface area contributed by atoms with Crippen LogP contribution in [0.5, 0.6) is 5.75 Å². The van der Waals surface area contributed by atoms with E-state index in [1.165, 1.54) is 0 Å². The number of unbranched alkanes of at least 4 members (excludes halogenated alkanes) is 2. The van der Waals surface area contributed by atoms with Crippen LogP contribution in [0.4, 0.5) is 13.2 Å². The molecule has 0 amide bonds. The molecule has 0 radical (unpaired) electrons. The summed E-state index contributed by atoms with van der Waals surface area (Å²) in [5.41, 5.74) is 0.949. The first-order valence-corrected chi connectivity index (χ1v) is 7.42. The molecule has 0 heterocycles. The van der Waals surface area contributed by atoms with Crippen LogP contribution in [0.25, 0.3) is 0 Å². The summed E-state index contributed by atoms with van der Waals surface area (Å²) in [6.45, 7) is 4.81. The lowest BCUT2D eigenvalue weighted by molar-refractivity contribution is -0.139. The Hall–Kier alpha value is -1.23. The highest BCUT2D eigenvalue weighted by molar-refractivity contribution is 5.27. The normalized spacial score (nSPS) is 13.2. The Bertz CT molecular complexity index is 390. The lowest BCUT2D eigenvalue weighted by atomic mass is 10.2. The Labute approximate surface area is 124 Å². The van der Waals surface area contributed by atoms with Crippen molar-refractivity contribution in [1.82, 2.24) is 5.32 Å². The first-order valence-electron chi connectivity index (χ1n) is 7.42. The number of ether oxygens (including phenoxy) is 1. The maximum absolute atomic E-state index is 12.2. The summed E-state index contributed by atoms with van der Waals surface area (Å²) in [4.78, 5) is 0. The SMILES string of the molecule is CCCCCOc1ccc(CNC(C)CC(F)(F)F)cc1. The van der Waals surface area contributed by atoms with Gasteiger partial charge in [0.25, 0.3) is 0 Å². The molecule has 0 saturated heterocycles. The molecule has 2 nitrogen and oxygen atoms in total. The van der Waals surface area contributed by atoms with Crippen LogP contribution in [-0.4, -0.2) is 18.8 Å². The van der Waals surface area contributed by atoms with Crippen molar-refractivity contribution >= 4 is 0 Å². The predicted octanol–water partition coefficient (Wildman–Crippen LogP) is 4.69. The molecule has 0 bridgehead atoms. The summed E-state index contributed by atoms with van der Waals surface area (Å²) in [7, 11) is 0. The summed E-state index contributed by atoms with van der Waals surface area (Å²) < 4.78 is 42.2. The Balaban J connectivity index is 2.30. The monoisotopic (exact) mass is 303 g/mol. The van der Waals surface area contributed by atoms with Crippen LogP contribution in [0, 0.1) is 0 Å². The third-order valence-electron chi connectivity index (χ3n) is 3.13. The zero-order valence-corrected chi connectivity index (χ0v) is 12.7. The van der Waals surface area contributed by atoms with Crippen molar-refractivity contribution in [3.05, 3.63) is 29.8 Å². The second-order valence-electron chi connectivity index (χ2n) is 5.30. The third-order valence-corrected chi connectivity index (χ3v) is 3.13. The summed E-state index contributed by atoms with van der Waals surface area (Å²) in [6, 6.07) is 6.88. The molecule has 21 heavy (non-hydrogen) atoms. The molecule has 0 aromatic heterocycles. The number of rotatable bonds is 9. The molecule has 0 aliphatic heterocycles. The number of hydrogen-bond acceptors (Lipinski definition) is 2. The van der Waals surface area contributed by atoms with E-state index in [2.05, 4.69) is 12.2 Å². The Morgan fingerprint density at radius 2 is 1.81 bits per heavy atom. The molecule has 1 rings (SSSR count). The summed E-state index contributed by atoms with van der Waals surface area (Å²) in [6.07, 6.45) is -1.59. The van der Waals surface area contributed by atoms with Gasteiger partial charge in [0.1, 0.15) is 5.75 Å². The number of nitrogens with one attached hydrogen (secondary N) is 1. The van der Waals surface area contributed by atoms with Gasteiger partial charge in [-0.3, -0.25) is 0 Å². The summed E-state index contributed by atoms with van der Waals surface area (Å²) in [5, 5.41) is 2.87. The lowest BCUT2D eigenvalue weighted by Crippen LogP contribution is -2.30. The minimum absolute atomic E-state index is 0.424. The first-order chi connectivity index (χ1) is 9.90. The molecule has 1 unspecified atom stereocenters. The van der Waals surface area contributed by atoms with Crippen molar-refractivity contribution in [3.63, 3.8) is 0 Å². The third kappa shape index (κ3) is 8.60. The molecule has 1 aromatic carbocycles. The second kappa shape index (κ2) is 8.93. The van der Waals surface area contributed by atoms with Gasteiger partial charge in [-0.25, -0.2) is 0 Å². The molecule has 0 saturated carbocycles. The van der Waals surface area contributed by atoms with Crippen LogP contribution in [0.3, 0.4) is 0 Å². The van der Waals surface area contributed by atoms with Gasteiger partial charge in [-0.05, 0) is 31.0 Å². The average Bonchev–Trinajstić information content (AvgIpc) is 2.41. The first kappa shape index (κ1) is 17.8. The molecular weight excluding hydrogens is 279 g/mol. The zero-order chi connectivity index (χ0) is 15.7. The summed E-state index contributed by atoms with van der Waals surface area (Å²) in [5.74, 6) is 0.804.